The van der Waals surface area contributed by atoms with Gasteiger partial charge in [-0.05, 0) is 41.5 Å². The van der Waals surface area contributed by atoms with Gasteiger partial charge in [0.2, 0.25) is 5.88 Å². The maximum absolute atomic E-state index is 13.1. The summed E-state index contributed by atoms with van der Waals surface area (Å²) in [5.41, 5.74) is 4.96. The number of rotatable bonds is 3. The first-order valence-electron chi connectivity index (χ1n) is 9.08. The van der Waals surface area contributed by atoms with Crippen molar-refractivity contribution in [3.05, 3.63) is 77.7 Å². The number of benzene rings is 1. The third-order valence-corrected chi connectivity index (χ3v) is 5.09. The smallest absolute Gasteiger partial charge is 0.333 e. The summed E-state index contributed by atoms with van der Waals surface area (Å²) in [5.74, 6) is 0.494. The maximum Gasteiger partial charge on any atom is 0.333 e. The average molecular weight is 383 g/mol. The van der Waals surface area contributed by atoms with Gasteiger partial charge in [0.05, 0.1) is 41.7 Å². The molecular weight excluding hydrogens is 366 g/mol. The zero-order chi connectivity index (χ0) is 20.0. The summed E-state index contributed by atoms with van der Waals surface area (Å²) in [7, 11) is 3.31. The standard InChI is InChI=1S/C22H17N5O2/c1-26-19-13-24-18-5-3-15(14-7-9-23-10-8-14)11-17(18)21(19)27(22(26)28)16-4-6-20(29-2)25-12-16/h3-13H,1-2H3. The molecule has 0 unspecified atom stereocenters. The van der Waals surface area contributed by atoms with E-state index in [0.717, 1.165) is 33.1 Å². The minimum absolute atomic E-state index is 0.157. The van der Waals surface area contributed by atoms with Gasteiger partial charge < -0.3 is 4.74 Å². The highest BCUT2D eigenvalue weighted by molar-refractivity contribution is 6.04. The minimum Gasteiger partial charge on any atom is -0.481 e. The first-order chi connectivity index (χ1) is 14.2. The lowest BCUT2D eigenvalue weighted by Gasteiger charge is -2.08. The van der Waals surface area contributed by atoms with Crippen LogP contribution in [-0.2, 0) is 7.05 Å². The average Bonchev–Trinajstić information content (AvgIpc) is 3.04. The van der Waals surface area contributed by atoms with E-state index in [9.17, 15) is 4.79 Å². The first kappa shape index (κ1) is 17.1. The second-order valence-electron chi connectivity index (χ2n) is 6.70. The molecule has 0 aliphatic heterocycles. The Kier molecular flexibility index (Phi) is 3.87. The van der Waals surface area contributed by atoms with Gasteiger partial charge in [-0.15, -0.1) is 0 Å². The number of ether oxygens (including phenoxy) is 1. The molecule has 7 heteroatoms. The Balaban J connectivity index is 1.85. The molecule has 7 nitrogen and oxygen atoms in total. The van der Waals surface area contributed by atoms with Crippen LogP contribution in [0.25, 0.3) is 38.8 Å². The molecular formula is C22H17N5O2. The monoisotopic (exact) mass is 383 g/mol. The molecule has 4 heterocycles. The van der Waals surface area contributed by atoms with Gasteiger partial charge in [-0.25, -0.2) is 9.78 Å². The van der Waals surface area contributed by atoms with Crippen molar-refractivity contribution in [2.24, 2.45) is 7.05 Å². The summed E-state index contributed by atoms with van der Waals surface area (Å²) in [6.07, 6.45) is 6.90. The Morgan fingerprint density at radius 1 is 0.931 bits per heavy atom. The number of aromatic nitrogens is 5. The molecule has 0 atom stereocenters. The number of pyridine rings is 3. The molecule has 5 aromatic rings. The molecule has 0 aliphatic carbocycles. The summed E-state index contributed by atoms with van der Waals surface area (Å²) in [6, 6.07) is 13.5. The van der Waals surface area contributed by atoms with E-state index in [2.05, 4.69) is 21.0 Å². The molecule has 1 aromatic carbocycles. The van der Waals surface area contributed by atoms with Crippen LogP contribution in [0, 0.1) is 0 Å². The zero-order valence-electron chi connectivity index (χ0n) is 15.9. The predicted octanol–water partition coefficient (Wildman–Crippen LogP) is 3.34. The third-order valence-electron chi connectivity index (χ3n) is 5.09. The number of imidazole rings is 1. The van der Waals surface area contributed by atoms with Crippen molar-refractivity contribution in [3.8, 4) is 22.7 Å². The lowest BCUT2D eigenvalue weighted by Crippen LogP contribution is -2.20. The largest absolute Gasteiger partial charge is 0.481 e. The van der Waals surface area contributed by atoms with Gasteiger partial charge in [-0.3, -0.25) is 19.1 Å². The third kappa shape index (κ3) is 2.67. The Morgan fingerprint density at radius 3 is 2.48 bits per heavy atom. The van der Waals surface area contributed by atoms with Crippen molar-refractivity contribution in [1.29, 1.82) is 0 Å². The molecule has 142 valence electrons. The second-order valence-corrected chi connectivity index (χ2v) is 6.70. The molecule has 29 heavy (non-hydrogen) atoms. The van der Waals surface area contributed by atoms with Gasteiger partial charge >= 0.3 is 5.69 Å². The van der Waals surface area contributed by atoms with E-state index in [1.165, 1.54) is 0 Å². The fraction of sp³-hybridized carbons (Fsp3) is 0.0909. The number of nitrogens with zero attached hydrogens (tertiary/aromatic N) is 5. The Bertz CT molecular complexity index is 1400. The van der Waals surface area contributed by atoms with Crippen LogP contribution in [0.1, 0.15) is 0 Å². The first-order valence-corrected chi connectivity index (χ1v) is 9.08. The van der Waals surface area contributed by atoms with E-state index >= 15 is 0 Å². The van der Waals surface area contributed by atoms with Crippen LogP contribution in [0.4, 0.5) is 0 Å². The van der Waals surface area contributed by atoms with Crippen molar-refractivity contribution >= 4 is 21.9 Å². The Hall–Kier alpha value is -4.00. The topological polar surface area (TPSA) is 74.8 Å². The lowest BCUT2D eigenvalue weighted by atomic mass is 10.0. The van der Waals surface area contributed by atoms with E-state index < -0.39 is 0 Å². The lowest BCUT2D eigenvalue weighted by molar-refractivity contribution is 0.398. The summed E-state index contributed by atoms with van der Waals surface area (Å²) in [6.45, 7) is 0. The zero-order valence-corrected chi connectivity index (χ0v) is 15.9. The van der Waals surface area contributed by atoms with Crippen LogP contribution >= 0.6 is 0 Å². The van der Waals surface area contributed by atoms with Crippen LogP contribution in [-0.4, -0.2) is 31.2 Å². The normalized spacial score (nSPS) is 11.2. The SMILES string of the molecule is COc1ccc(-n2c(=O)n(C)c3cnc4ccc(-c5ccncc5)cc4c32)cn1. The summed E-state index contributed by atoms with van der Waals surface area (Å²) < 4.78 is 8.42. The van der Waals surface area contributed by atoms with E-state index in [1.807, 2.05) is 30.3 Å². The molecule has 0 saturated carbocycles. The molecule has 0 radical (unpaired) electrons. The van der Waals surface area contributed by atoms with Crippen LogP contribution in [0.15, 0.2) is 72.0 Å². The molecule has 5 rings (SSSR count). The van der Waals surface area contributed by atoms with Gasteiger partial charge in [-0.1, -0.05) is 6.07 Å². The van der Waals surface area contributed by atoms with Crippen LogP contribution in [0.5, 0.6) is 5.88 Å². The van der Waals surface area contributed by atoms with Crippen LogP contribution < -0.4 is 10.4 Å². The summed E-state index contributed by atoms with van der Waals surface area (Å²) in [5, 5.41) is 0.894. The minimum atomic E-state index is -0.157. The van der Waals surface area contributed by atoms with E-state index in [1.54, 1.807) is 54.1 Å². The summed E-state index contributed by atoms with van der Waals surface area (Å²) in [4.78, 5) is 26.0. The maximum atomic E-state index is 13.1. The van der Waals surface area contributed by atoms with Crippen molar-refractivity contribution in [2.75, 3.05) is 7.11 Å². The van der Waals surface area contributed by atoms with Crippen LogP contribution in [0.2, 0.25) is 0 Å². The number of hydrogen-bond donors (Lipinski definition) is 0. The number of methoxy groups -OCH3 is 1. The highest BCUT2D eigenvalue weighted by atomic mass is 16.5. The number of hydrogen-bond acceptors (Lipinski definition) is 5. The van der Waals surface area contributed by atoms with Crippen molar-refractivity contribution in [1.82, 2.24) is 24.1 Å². The number of fused-ring (bicyclic) bond motifs is 3. The fourth-order valence-electron chi connectivity index (χ4n) is 3.59. The van der Waals surface area contributed by atoms with Crippen molar-refractivity contribution < 1.29 is 4.74 Å². The van der Waals surface area contributed by atoms with E-state index in [4.69, 9.17) is 4.74 Å². The predicted molar refractivity (Wildman–Crippen MR) is 111 cm³/mol. The molecule has 0 spiro atoms. The quantitative estimate of drug-likeness (QED) is 0.478. The van der Waals surface area contributed by atoms with Crippen molar-refractivity contribution in [2.45, 2.75) is 0 Å². The van der Waals surface area contributed by atoms with E-state index in [0.29, 0.717) is 11.6 Å². The Labute approximate surface area is 165 Å². The highest BCUT2D eigenvalue weighted by Gasteiger charge is 2.17. The molecule has 4 aromatic heterocycles. The van der Waals surface area contributed by atoms with Gasteiger partial charge in [-0.2, -0.15) is 0 Å². The second kappa shape index (κ2) is 6.56. The molecule has 0 fully saturated rings. The highest BCUT2D eigenvalue weighted by Crippen LogP contribution is 2.29. The Morgan fingerprint density at radius 2 is 1.76 bits per heavy atom. The fourth-order valence-corrected chi connectivity index (χ4v) is 3.59. The van der Waals surface area contributed by atoms with Crippen molar-refractivity contribution in [3.63, 3.8) is 0 Å². The molecule has 0 saturated heterocycles. The molecule has 0 amide bonds. The number of aryl methyl sites for hydroxylation is 1. The van der Waals surface area contributed by atoms with Gasteiger partial charge in [0.1, 0.15) is 0 Å². The van der Waals surface area contributed by atoms with Gasteiger partial charge in [0.15, 0.2) is 0 Å². The summed E-state index contributed by atoms with van der Waals surface area (Å²) >= 11 is 0. The van der Waals surface area contributed by atoms with Gasteiger partial charge in [0, 0.05) is 30.9 Å². The molecule has 0 bridgehead atoms. The van der Waals surface area contributed by atoms with Crippen LogP contribution in [0.3, 0.4) is 0 Å². The van der Waals surface area contributed by atoms with Gasteiger partial charge in [0.25, 0.3) is 0 Å². The van der Waals surface area contributed by atoms with E-state index in [-0.39, 0.29) is 5.69 Å². The molecule has 0 N–H and O–H groups in total. The molecule has 0 aliphatic rings.